The molecule has 6 heteroatoms. The van der Waals surface area contributed by atoms with Gasteiger partial charge < -0.3 is 10.5 Å². The van der Waals surface area contributed by atoms with Crippen LogP contribution in [0.4, 0.5) is 0 Å². The monoisotopic (exact) mass is 319 g/mol. The summed E-state index contributed by atoms with van der Waals surface area (Å²) in [5, 5.41) is 0.602. The van der Waals surface area contributed by atoms with Gasteiger partial charge in [-0.05, 0) is 25.0 Å². The molecule has 2 N–H and O–H groups in total. The van der Waals surface area contributed by atoms with Gasteiger partial charge in [0.15, 0.2) is 9.84 Å². The minimum Gasteiger partial charge on any atom is -0.492 e. The Morgan fingerprint density at radius 3 is 2.65 bits per heavy atom. The van der Waals surface area contributed by atoms with Gasteiger partial charge in [-0.3, -0.25) is 0 Å². The SMILES string of the molecule is CCC(N)Cc1c(Cl)cccc1OCCS(=O)(=O)CC. The van der Waals surface area contributed by atoms with Crippen LogP contribution in [0.2, 0.25) is 5.02 Å². The molecule has 0 aromatic heterocycles. The highest BCUT2D eigenvalue weighted by Gasteiger charge is 2.13. The predicted molar refractivity (Wildman–Crippen MR) is 83.2 cm³/mol. The number of hydrogen-bond donors (Lipinski definition) is 1. The van der Waals surface area contributed by atoms with Crippen LogP contribution in [0.1, 0.15) is 25.8 Å². The number of ether oxygens (including phenoxy) is 1. The lowest BCUT2D eigenvalue weighted by atomic mass is 10.0. The molecule has 1 aromatic carbocycles. The van der Waals surface area contributed by atoms with E-state index in [9.17, 15) is 8.42 Å². The summed E-state index contributed by atoms with van der Waals surface area (Å²) >= 11 is 6.17. The summed E-state index contributed by atoms with van der Waals surface area (Å²) in [5.41, 5.74) is 6.80. The highest BCUT2D eigenvalue weighted by molar-refractivity contribution is 7.91. The topological polar surface area (TPSA) is 69.4 Å². The van der Waals surface area contributed by atoms with Crippen molar-refractivity contribution in [3.05, 3.63) is 28.8 Å². The van der Waals surface area contributed by atoms with Crippen LogP contribution >= 0.6 is 11.6 Å². The van der Waals surface area contributed by atoms with Crippen molar-refractivity contribution >= 4 is 21.4 Å². The number of sulfone groups is 1. The van der Waals surface area contributed by atoms with E-state index in [1.54, 1.807) is 25.1 Å². The second-order valence-corrected chi connectivity index (χ2v) is 7.55. The van der Waals surface area contributed by atoms with Crippen molar-refractivity contribution in [3.8, 4) is 5.75 Å². The molecule has 0 fully saturated rings. The molecule has 0 amide bonds. The molecule has 0 heterocycles. The van der Waals surface area contributed by atoms with E-state index in [1.807, 2.05) is 6.92 Å². The first-order valence-electron chi connectivity index (χ1n) is 6.75. The number of hydrogen-bond acceptors (Lipinski definition) is 4. The summed E-state index contributed by atoms with van der Waals surface area (Å²) in [4.78, 5) is 0. The maximum atomic E-state index is 11.4. The number of benzene rings is 1. The lowest BCUT2D eigenvalue weighted by molar-refractivity contribution is 0.336. The summed E-state index contributed by atoms with van der Waals surface area (Å²) < 4.78 is 28.5. The maximum Gasteiger partial charge on any atom is 0.153 e. The van der Waals surface area contributed by atoms with Gasteiger partial charge in [-0.25, -0.2) is 8.42 Å². The van der Waals surface area contributed by atoms with Gasteiger partial charge in [-0.2, -0.15) is 0 Å². The Kier molecular flexibility index (Phi) is 6.79. The summed E-state index contributed by atoms with van der Waals surface area (Å²) in [7, 11) is -3.02. The van der Waals surface area contributed by atoms with Crippen LogP contribution in [0.25, 0.3) is 0 Å². The third-order valence-corrected chi connectivity index (χ3v) is 5.18. The third kappa shape index (κ3) is 5.31. The van der Waals surface area contributed by atoms with Crippen molar-refractivity contribution in [1.29, 1.82) is 0 Å². The summed E-state index contributed by atoms with van der Waals surface area (Å²) in [5.74, 6) is 0.752. The van der Waals surface area contributed by atoms with Crippen LogP contribution in [0, 0.1) is 0 Å². The highest BCUT2D eigenvalue weighted by Crippen LogP contribution is 2.28. The molecule has 0 bridgehead atoms. The van der Waals surface area contributed by atoms with Crippen LogP contribution < -0.4 is 10.5 Å². The van der Waals surface area contributed by atoms with E-state index in [-0.39, 0.29) is 24.2 Å². The molecule has 0 radical (unpaired) electrons. The third-order valence-electron chi connectivity index (χ3n) is 3.16. The van der Waals surface area contributed by atoms with E-state index in [0.717, 1.165) is 12.0 Å². The molecule has 1 atom stereocenters. The van der Waals surface area contributed by atoms with E-state index in [4.69, 9.17) is 22.1 Å². The van der Waals surface area contributed by atoms with Gasteiger partial charge in [0.2, 0.25) is 0 Å². The largest absolute Gasteiger partial charge is 0.492 e. The Balaban J connectivity index is 2.77. The van der Waals surface area contributed by atoms with Gasteiger partial charge >= 0.3 is 0 Å². The Labute approximate surface area is 126 Å². The van der Waals surface area contributed by atoms with Crippen molar-refractivity contribution in [2.45, 2.75) is 32.7 Å². The summed E-state index contributed by atoms with van der Waals surface area (Å²) in [6, 6.07) is 5.38. The molecule has 0 saturated carbocycles. The molecule has 114 valence electrons. The molecule has 0 spiro atoms. The van der Waals surface area contributed by atoms with Crippen LogP contribution in [0.5, 0.6) is 5.75 Å². The van der Waals surface area contributed by atoms with E-state index in [1.165, 1.54) is 0 Å². The quantitative estimate of drug-likeness (QED) is 0.799. The fraction of sp³-hybridized carbons (Fsp3) is 0.571. The van der Waals surface area contributed by atoms with Crippen molar-refractivity contribution in [1.82, 2.24) is 0 Å². The average molecular weight is 320 g/mol. The first-order valence-corrected chi connectivity index (χ1v) is 8.95. The van der Waals surface area contributed by atoms with Crippen molar-refractivity contribution in [2.24, 2.45) is 5.73 Å². The first kappa shape index (κ1) is 17.3. The zero-order valence-electron chi connectivity index (χ0n) is 11.9. The van der Waals surface area contributed by atoms with E-state index >= 15 is 0 Å². The molecule has 4 nitrogen and oxygen atoms in total. The Bertz CT molecular complexity index is 531. The predicted octanol–water partition coefficient (Wildman–Crippen LogP) is 2.43. The maximum absolute atomic E-state index is 11.4. The lowest BCUT2D eigenvalue weighted by Gasteiger charge is -2.15. The number of nitrogens with two attached hydrogens (primary N) is 1. The van der Waals surface area contributed by atoms with E-state index in [0.29, 0.717) is 17.2 Å². The second-order valence-electron chi connectivity index (χ2n) is 4.67. The smallest absolute Gasteiger partial charge is 0.153 e. The minimum atomic E-state index is -3.02. The van der Waals surface area contributed by atoms with Gasteiger partial charge in [0.1, 0.15) is 12.4 Å². The van der Waals surface area contributed by atoms with Crippen molar-refractivity contribution < 1.29 is 13.2 Å². The second kappa shape index (κ2) is 7.86. The fourth-order valence-electron chi connectivity index (χ4n) is 1.70. The van der Waals surface area contributed by atoms with Crippen LogP contribution in [-0.4, -0.2) is 32.6 Å². The molecule has 20 heavy (non-hydrogen) atoms. The van der Waals surface area contributed by atoms with Gasteiger partial charge in [-0.15, -0.1) is 0 Å². The van der Waals surface area contributed by atoms with E-state index < -0.39 is 9.84 Å². The van der Waals surface area contributed by atoms with Crippen LogP contribution in [0.15, 0.2) is 18.2 Å². The fourth-order valence-corrected chi connectivity index (χ4v) is 2.57. The molecule has 1 unspecified atom stereocenters. The first-order chi connectivity index (χ1) is 9.39. The normalized spacial score (nSPS) is 13.2. The number of halogens is 1. The summed E-state index contributed by atoms with van der Waals surface area (Å²) in [6.45, 7) is 3.77. The molecular formula is C14H22ClNO3S. The lowest BCUT2D eigenvalue weighted by Crippen LogP contribution is -2.22. The van der Waals surface area contributed by atoms with Crippen molar-refractivity contribution in [2.75, 3.05) is 18.1 Å². The highest BCUT2D eigenvalue weighted by atomic mass is 35.5. The Hall–Kier alpha value is -0.780. The Morgan fingerprint density at radius 1 is 1.35 bits per heavy atom. The van der Waals surface area contributed by atoms with Crippen molar-refractivity contribution in [3.63, 3.8) is 0 Å². The zero-order chi connectivity index (χ0) is 15.2. The van der Waals surface area contributed by atoms with E-state index in [2.05, 4.69) is 0 Å². The summed E-state index contributed by atoms with van der Waals surface area (Å²) in [6.07, 6.45) is 1.46. The molecular weight excluding hydrogens is 298 g/mol. The molecule has 1 rings (SSSR count). The molecule has 0 aliphatic rings. The standard InChI is InChI=1S/C14H22ClNO3S/c1-3-11(16)10-12-13(15)6-5-7-14(12)19-8-9-20(17,18)4-2/h5-7,11H,3-4,8-10,16H2,1-2H3. The average Bonchev–Trinajstić information content (AvgIpc) is 2.42. The zero-order valence-corrected chi connectivity index (χ0v) is 13.5. The van der Waals surface area contributed by atoms with Gasteiger partial charge in [0, 0.05) is 22.4 Å². The van der Waals surface area contributed by atoms with Gasteiger partial charge in [0.25, 0.3) is 0 Å². The van der Waals surface area contributed by atoms with Gasteiger partial charge in [-0.1, -0.05) is 31.5 Å². The number of rotatable bonds is 8. The Morgan fingerprint density at radius 2 is 2.05 bits per heavy atom. The molecule has 0 aliphatic carbocycles. The molecule has 1 aromatic rings. The van der Waals surface area contributed by atoms with Crippen LogP contribution in [-0.2, 0) is 16.3 Å². The molecule has 0 saturated heterocycles. The minimum absolute atomic E-state index is 0.00921. The molecule has 0 aliphatic heterocycles. The van der Waals surface area contributed by atoms with Crippen LogP contribution in [0.3, 0.4) is 0 Å². The van der Waals surface area contributed by atoms with Gasteiger partial charge in [0.05, 0.1) is 5.75 Å².